The predicted octanol–water partition coefficient (Wildman–Crippen LogP) is 6.82. The topological polar surface area (TPSA) is 173 Å². The fraction of sp³-hybridized carbons (Fsp3) is 0.358. The Hall–Kier alpha value is -6.98. The Morgan fingerprint density at radius 3 is 2.33 bits per heavy atom. The van der Waals surface area contributed by atoms with Crippen LogP contribution in [-0.4, -0.2) is 108 Å². The van der Waals surface area contributed by atoms with E-state index >= 15 is 0 Å². The number of anilines is 4. The van der Waals surface area contributed by atoms with Crippen molar-refractivity contribution >= 4 is 52.4 Å². The molecule has 0 aromatic heterocycles. The van der Waals surface area contributed by atoms with Gasteiger partial charge >= 0.3 is 0 Å². The number of aliphatic hydroxyl groups excluding tert-OH is 1. The number of amides is 3. The Balaban J connectivity index is 0.969. The second-order valence-electron chi connectivity index (χ2n) is 17.3. The van der Waals surface area contributed by atoms with Gasteiger partial charge in [-0.1, -0.05) is 36.4 Å². The average Bonchev–Trinajstić information content (AvgIpc) is 3.86. The maximum absolute atomic E-state index is 14.1. The molecule has 16 nitrogen and oxygen atoms in total. The minimum Gasteiger partial charge on any atom is -0.493 e. The molecule has 0 fully saturated rings. The maximum Gasteiger partial charge on any atom is 0.261 e. The number of methoxy groups -OCH3 is 1. The number of hydrogen-bond acceptors (Lipinski definition) is 13. The van der Waals surface area contributed by atoms with E-state index in [9.17, 15) is 19.5 Å². The van der Waals surface area contributed by atoms with E-state index in [1.54, 1.807) is 24.1 Å². The van der Waals surface area contributed by atoms with Crippen LogP contribution in [0.2, 0.25) is 0 Å². The summed E-state index contributed by atoms with van der Waals surface area (Å²) in [5.74, 6) is 1.16. The standard InChI is InChI=1S/C53H58N6O10/c1-64-49-29-44-46(56-32-41-27-38-10-4-6-12-48(38)59(41)53(44)63)30-50(49)68-34-36-23-35(24-39(25-36)57(18-20-66-21-22-69-65-2)17-7-13-51(61)54-16-8-19-60)33-67-42-14-15-43-45(28-42)55-31-40-26-37-9-3-5-11-47(37)58(40)52(43)62/h3-6,9-12,14-15,23-25,28-30,32,40-41,55,60H,7-8,13,16-22,26-27,31,33-34H2,1-2H3,(H,54,61)/t40-,41-/m0/s1. The number of carbonyl (C=O) groups excluding carboxylic acids is 3. The summed E-state index contributed by atoms with van der Waals surface area (Å²) in [4.78, 5) is 61.1. The molecule has 0 unspecified atom stereocenters. The molecular formula is C53H58N6O10. The summed E-state index contributed by atoms with van der Waals surface area (Å²) in [6.07, 6.45) is 4.66. The van der Waals surface area contributed by atoms with Crippen LogP contribution in [0, 0.1) is 0 Å². The molecule has 16 heteroatoms. The Morgan fingerprint density at radius 1 is 0.797 bits per heavy atom. The first-order chi connectivity index (χ1) is 33.8. The van der Waals surface area contributed by atoms with Crippen LogP contribution in [0.3, 0.4) is 0 Å². The smallest absolute Gasteiger partial charge is 0.261 e. The molecule has 4 aliphatic rings. The zero-order chi connectivity index (χ0) is 47.7. The quantitative estimate of drug-likeness (QED) is 0.0377. The third-order valence-electron chi connectivity index (χ3n) is 12.8. The first-order valence-electron chi connectivity index (χ1n) is 23.5. The fourth-order valence-electron chi connectivity index (χ4n) is 9.46. The average molecular weight is 939 g/mol. The second-order valence-corrected chi connectivity index (χ2v) is 17.3. The third-order valence-corrected chi connectivity index (χ3v) is 12.8. The van der Waals surface area contributed by atoms with Gasteiger partial charge in [-0.3, -0.25) is 24.3 Å². The van der Waals surface area contributed by atoms with Gasteiger partial charge in [-0.25, -0.2) is 9.78 Å². The van der Waals surface area contributed by atoms with Gasteiger partial charge in [0.15, 0.2) is 11.5 Å². The zero-order valence-electron chi connectivity index (χ0n) is 39.0. The molecule has 5 aromatic rings. The van der Waals surface area contributed by atoms with Gasteiger partial charge in [0.25, 0.3) is 11.8 Å². The van der Waals surface area contributed by atoms with Crippen LogP contribution in [0.15, 0.2) is 102 Å². The molecule has 2 atom stereocenters. The van der Waals surface area contributed by atoms with Crippen LogP contribution in [0.25, 0.3) is 0 Å². The minimum atomic E-state index is -0.200. The van der Waals surface area contributed by atoms with E-state index in [-0.39, 0.29) is 56.2 Å². The van der Waals surface area contributed by atoms with E-state index in [4.69, 9.17) is 33.7 Å². The van der Waals surface area contributed by atoms with Crippen molar-refractivity contribution in [2.75, 3.05) is 86.8 Å². The molecule has 0 spiro atoms. The first kappa shape index (κ1) is 47.1. The zero-order valence-corrected chi connectivity index (χ0v) is 39.0. The molecule has 0 radical (unpaired) electrons. The van der Waals surface area contributed by atoms with Gasteiger partial charge in [-0.05, 0) is 90.0 Å². The van der Waals surface area contributed by atoms with Gasteiger partial charge < -0.3 is 44.5 Å². The minimum absolute atomic E-state index is 0.00863. The third kappa shape index (κ3) is 10.7. The van der Waals surface area contributed by atoms with Crippen molar-refractivity contribution in [3.05, 3.63) is 130 Å². The molecule has 0 saturated heterocycles. The highest BCUT2D eigenvalue weighted by atomic mass is 17.2. The van der Waals surface area contributed by atoms with E-state index < -0.39 is 0 Å². The van der Waals surface area contributed by atoms with Crippen molar-refractivity contribution in [3.63, 3.8) is 0 Å². The van der Waals surface area contributed by atoms with Crippen LogP contribution >= 0.6 is 0 Å². The molecule has 3 N–H and O–H groups in total. The molecule has 5 aromatic carbocycles. The number of benzene rings is 5. The van der Waals surface area contributed by atoms with Crippen molar-refractivity contribution in [1.82, 2.24) is 5.32 Å². The van der Waals surface area contributed by atoms with Gasteiger partial charge in [0, 0.05) is 81.0 Å². The predicted molar refractivity (Wildman–Crippen MR) is 263 cm³/mol. The summed E-state index contributed by atoms with van der Waals surface area (Å²) in [6, 6.07) is 30.9. The largest absolute Gasteiger partial charge is 0.493 e. The number of carbonyl (C=O) groups is 3. The summed E-state index contributed by atoms with van der Waals surface area (Å²) in [6.45, 7) is 3.38. The van der Waals surface area contributed by atoms with Crippen LogP contribution in [-0.2, 0) is 45.4 Å². The van der Waals surface area contributed by atoms with E-state index in [0.717, 1.165) is 45.9 Å². The Kier molecular flexibility index (Phi) is 15.0. The number of hydrogen-bond donors (Lipinski definition) is 3. The lowest BCUT2D eigenvalue weighted by molar-refractivity contribution is -0.277. The molecule has 69 heavy (non-hydrogen) atoms. The van der Waals surface area contributed by atoms with Crippen LogP contribution in [0.5, 0.6) is 17.2 Å². The highest BCUT2D eigenvalue weighted by molar-refractivity contribution is 6.15. The number of rotatable bonds is 22. The van der Waals surface area contributed by atoms with Crippen molar-refractivity contribution < 1.29 is 48.2 Å². The molecule has 0 aliphatic carbocycles. The Labute approximate surface area is 401 Å². The number of para-hydroxylation sites is 2. The van der Waals surface area contributed by atoms with E-state index in [1.165, 1.54) is 12.7 Å². The Morgan fingerprint density at radius 2 is 1.55 bits per heavy atom. The highest BCUT2D eigenvalue weighted by Gasteiger charge is 2.38. The number of aliphatic imine (C=N–C) groups is 1. The molecular weight excluding hydrogens is 881 g/mol. The summed E-state index contributed by atoms with van der Waals surface area (Å²) < 4.78 is 24.8. The van der Waals surface area contributed by atoms with Crippen molar-refractivity contribution in [2.45, 2.75) is 57.4 Å². The summed E-state index contributed by atoms with van der Waals surface area (Å²) >= 11 is 0. The number of ether oxygens (including phenoxy) is 4. The van der Waals surface area contributed by atoms with Gasteiger partial charge in [0.05, 0.1) is 62.0 Å². The van der Waals surface area contributed by atoms with E-state index in [1.807, 2.05) is 83.9 Å². The number of aliphatic hydroxyl groups is 1. The molecule has 3 amide bonds. The normalized spacial score (nSPS) is 16.3. The van der Waals surface area contributed by atoms with Gasteiger partial charge in [-0.2, -0.15) is 0 Å². The molecule has 4 aliphatic heterocycles. The number of fused-ring (bicyclic) bond motifs is 8. The lowest BCUT2D eigenvalue weighted by Gasteiger charge is -2.26. The van der Waals surface area contributed by atoms with E-state index in [2.05, 4.69) is 27.7 Å². The number of nitrogens with one attached hydrogen (secondary N) is 2. The molecule has 4 heterocycles. The summed E-state index contributed by atoms with van der Waals surface area (Å²) in [5.41, 5.74) is 8.90. The van der Waals surface area contributed by atoms with E-state index in [0.29, 0.717) is 99.1 Å². The van der Waals surface area contributed by atoms with Crippen molar-refractivity contribution in [3.8, 4) is 17.2 Å². The molecule has 0 saturated carbocycles. The second kappa shape index (κ2) is 22.0. The molecule has 9 rings (SSSR count). The van der Waals surface area contributed by atoms with Crippen LogP contribution in [0.1, 0.15) is 62.2 Å². The van der Waals surface area contributed by atoms with Gasteiger partial charge in [0.1, 0.15) is 25.6 Å². The Bertz CT molecular complexity index is 2690. The summed E-state index contributed by atoms with van der Waals surface area (Å²) in [5, 5.41) is 15.6. The lowest BCUT2D eigenvalue weighted by Crippen LogP contribution is -2.39. The van der Waals surface area contributed by atoms with Gasteiger partial charge in [0.2, 0.25) is 5.91 Å². The highest BCUT2D eigenvalue weighted by Crippen LogP contribution is 2.42. The van der Waals surface area contributed by atoms with Crippen LogP contribution < -0.4 is 39.5 Å². The SMILES string of the molecule is COOCCOCCN(CCCC(=O)NCCCO)c1cc(COc2ccc3c(c2)NC[C@@H]2Cc4ccccc4N2C3=O)cc(COc2cc3c(cc2OC)C(=O)N2c4ccccc4C[C@H]2C=N3)c1. The van der Waals surface area contributed by atoms with Crippen LogP contribution in [0.4, 0.5) is 28.4 Å². The van der Waals surface area contributed by atoms with Crippen molar-refractivity contribution in [2.24, 2.45) is 4.99 Å². The summed E-state index contributed by atoms with van der Waals surface area (Å²) in [7, 11) is 3.00. The molecule has 0 bridgehead atoms. The van der Waals surface area contributed by atoms with Gasteiger partial charge in [-0.15, -0.1) is 0 Å². The monoisotopic (exact) mass is 938 g/mol. The lowest BCUT2D eigenvalue weighted by atomic mass is 10.1. The van der Waals surface area contributed by atoms with Crippen molar-refractivity contribution in [1.29, 1.82) is 0 Å². The maximum atomic E-state index is 14.1. The number of nitrogens with zero attached hydrogens (tertiary/aromatic N) is 4. The fourth-order valence-corrected chi connectivity index (χ4v) is 9.46. The first-order valence-corrected chi connectivity index (χ1v) is 23.5. The molecule has 360 valence electrons.